The molecule has 0 saturated heterocycles. The van der Waals surface area contributed by atoms with Crippen molar-refractivity contribution in [2.45, 2.75) is 6.42 Å². The Bertz CT molecular complexity index is 412. The minimum absolute atomic E-state index is 0. The maximum Gasteiger partial charge on any atom is 1.00 e. The molecule has 2 aromatic rings. The van der Waals surface area contributed by atoms with Crippen molar-refractivity contribution in [2.75, 3.05) is 6.61 Å². The smallest absolute Gasteiger partial charge is 0.854 e. The van der Waals surface area contributed by atoms with Gasteiger partial charge in [0.2, 0.25) is 0 Å². The molecule has 0 radical (unpaired) electrons. The normalized spacial score (nSPS) is 9.79. The Labute approximate surface area is 106 Å². The molecule has 2 aromatic carbocycles. The molecule has 2 heteroatoms. The first-order chi connectivity index (χ1) is 6.40. The van der Waals surface area contributed by atoms with E-state index in [0.717, 1.165) is 5.56 Å². The van der Waals surface area contributed by atoms with E-state index in [2.05, 4.69) is 24.3 Å². The third-order valence-electron chi connectivity index (χ3n) is 2.20. The molecule has 0 aliphatic rings. The number of hydrogen-bond acceptors (Lipinski definition) is 1. The van der Waals surface area contributed by atoms with Crippen LogP contribution in [0.15, 0.2) is 42.5 Å². The van der Waals surface area contributed by atoms with Crippen LogP contribution in [-0.2, 0) is 6.42 Å². The molecule has 14 heavy (non-hydrogen) atoms. The van der Waals surface area contributed by atoms with Gasteiger partial charge in [-0.25, -0.2) is 0 Å². The van der Waals surface area contributed by atoms with Crippen molar-refractivity contribution in [3.05, 3.63) is 48.0 Å². The van der Waals surface area contributed by atoms with Gasteiger partial charge in [0.25, 0.3) is 0 Å². The van der Waals surface area contributed by atoms with Gasteiger partial charge in [-0.1, -0.05) is 42.5 Å². The summed E-state index contributed by atoms with van der Waals surface area (Å²) in [6.45, 7) is -0.0294. The second-order valence-corrected chi connectivity index (χ2v) is 3.14. The molecule has 2 rings (SSSR count). The monoisotopic (exact) mass is 194 g/mol. The van der Waals surface area contributed by atoms with Crippen molar-refractivity contribution in [2.24, 2.45) is 0 Å². The largest absolute Gasteiger partial charge is 1.00 e. The summed E-state index contributed by atoms with van der Waals surface area (Å²) in [5, 5.41) is 12.9. The van der Waals surface area contributed by atoms with Crippen LogP contribution in [-0.4, -0.2) is 6.61 Å². The van der Waals surface area contributed by atoms with Crippen LogP contribution in [0.3, 0.4) is 0 Å². The molecule has 0 amide bonds. The molecule has 0 heterocycles. The topological polar surface area (TPSA) is 23.1 Å². The Kier molecular flexibility index (Phi) is 4.63. The average molecular weight is 194 g/mol. The number of benzene rings is 2. The molecule has 0 fully saturated rings. The summed E-state index contributed by atoms with van der Waals surface area (Å²) in [6.07, 6.45) is 0.630. The van der Waals surface area contributed by atoms with Crippen molar-refractivity contribution in [1.29, 1.82) is 0 Å². The summed E-state index contributed by atoms with van der Waals surface area (Å²) in [6, 6.07) is 14.4. The Hall–Kier alpha value is -0.340. The standard InChI is InChI=1S/C12H11O.Na/c13-8-7-10-5-6-11-3-1-2-4-12(11)9-10;/h1-6,9H,7-8H2;/q-1;+1. The second-order valence-electron chi connectivity index (χ2n) is 3.14. The van der Waals surface area contributed by atoms with Crippen molar-refractivity contribution in [3.8, 4) is 0 Å². The van der Waals surface area contributed by atoms with Crippen LogP contribution in [0.4, 0.5) is 0 Å². The predicted molar refractivity (Wildman–Crippen MR) is 52.5 cm³/mol. The Morgan fingerprint density at radius 2 is 1.64 bits per heavy atom. The Morgan fingerprint density at radius 1 is 0.929 bits per heavy atom. The summed E-state index contributed by atoms with van der Waals surface area (Å²) < 4.78 is 0. The molecular weight excluding hydrogens is 183 g/mol. The molecule has 0 spiro atoms. The summed E-state index contributed by atoms with van der Waals surface area (Å²) >= 11 is 0. The van der Waals surface area contributed by atoms with E-state index >= 15 is 0 Å². The molecule has 1 nitrogen and oxygen atoms in total. The van der Waals surface area contributed by atoms with E-state index < -0.39 is 0 Å². The zero-order valence-corrected chi connectivity index (χ0v) is 10.4. The van der Waals surface area contributed by atoms with Crippen LogP contribution in [0, 0.1) is 0 Å². The Balaban J connectivity index is 0.000000980. The fraction of sp³-hybridized carbons (Fsp3) is 0.167. The van der Waals surface area contributed by atoms with E-state index in [-0.39, 0.29) is 36.2 Å². The number of fused-ring (bicyclic) bond motifs is 1. The molecular formula is C12H11NaO. The fourth-order valence-corrected chi connectivity index (χ4v) is 1.51. The van der Waals surface area contributed by atoms with Crippen LogP contribution in [0.1, 0.15) is 5.56 Å². The van der Waals surface area contributed by atoms with E-state index in [1.165, 1.54) is 10.8 Å². The van der Waals surface area contributed by atoms with Gasteiger partial charge in [-0.2, -0.15) is 0 Å². The van der Waals surface area contributed by atoms with Crippen LogP contribution >= 0.6 is 0 Å². The van der Waals surface area contributed by atoms with Crippen molar-refractivity contribution in [1.82, 2.24) is 0 Å². The van der Waals surface area contributed by atoms with E-state index in [0.29, 0.717) is 6.42 Å². The SMILES string of the molecule is [Na+].[O-]CCc1ccc2ccccc2c1. The minimum atomic E-state index is -0.0294. The summed E-state index contributed by atoms with van der Waals surface area (Å²) in [4.78, 5) is 0. The molecule has 0 atom stereocenters. The minimum Gasteiger partial charge on any atom is -0.854 e. The fourth-order valence-electron chi connectivity index (χ4n) is 1.51. The summed E-state index contributed by atoms with van der Waals surface area (Å²) in [5.74, 6) is 0. The van der Waals surface area contributed by atoms with Gasteiger partial charge in [-0.05, 0) is 22.8 Å². The first-order valence-corrected chi connectivity index (χ1v) is 4.46. The maximum absolute atomic E-state index is 10.4. The first-order valence-electron chi connectivity index (χ1n) is 4.46. The van der Waals surface area contributed by atoms with Gasteiger partial charge in [-0.3, -0.25) is 0 Å². The third kappa shape index (κ3) is 2.58. The molecule has 0 aliphatic carbocycles. The van der Waals surface area contributed by atoms with Crippen molar-refractivity contribution < 1.29 is 34.7 Å². The number of rotatable bonds is 2. The van der Waals surface area contributed by atoms with Crippen LogP contribution in [0.2, 0.25) is 0 Å². The predicted octanol–water partition coefficient (Wildman–Crippen LogP) is -1.25. The molecule has 0 N–H and O–H groups in total. The van der Waals surface area contributed by atoms with E-state index in [9.17, 15) is 5.11 Å². The van der Waals surface area contributed by atoms with E-state index in [4.69, 9.17) is 0 Å². The second kappa shape index (κ2) is 5.52. The molecule has 66 valence electrons. The van der Waals surface area contributed by atoms with Crippen LogP contribution in [0.25, 0.3) is 10.8 Å². The van der Waals surface area contributed by atoms with Gasteiger partial charge in [0, 0.05) is 0 Å². The zero-order valence-electron chi connectivity index (χ0n) is 8.36. The van der Waals surface area contributed by atoms with Gasteiger partial charge in [0.1, 0.15) is 0 Å². The van der Waals surface area contributed by atoms with Crippen molar-refractivity contribution >= 4 is 10.8 Å². The molecule has 0 saturated carbocycles. The van der Waals surface area contributed by atoms with Gasteiger partial charge in [0.15, 0.2) is 0 Å². The molecule has 0 unspecified atom stereocenters. The molecule has 0 bridgehead atoms. The quantitative estimate of drug-likeness (QED) is 0.548. The maximum atomic E-state index is 10.4. The van der Waals surface area contributed by atoms with Crippen molar-refractivity contribution in [3.63, 3.8) is 0 Å². The zero-order chi connectivity index (χ0) is 9.10. The Morgan fingerprint density at radius 3 is 2.36 bits per heavy atom. The summed E-state index contributed by atoms with van der Waals surface area (Å²) in [7, 11) is 0. The average Bonchev–Trinajstić information content (AvgIpc) is 2.18. The van der Waals surface area contributed by atoms with Gasteiger partial charge < -0.3 is 5.11 Å². The van der Waals surface area contributed by atoms with Crippen LogP contribution in [0.5, 0.6) is 0 Å². The molecule has 0 aromatic heterocycles. The molecule has 0 aliphatic heterocycles. The summed E-state index contributed by atoms with van der Waals surface area (Å²) in [5.41, 5.74) is 1.13. The van der Waals surface area contributed by atoms with Crippen LogP contribution < -0.4 is 34.7 Å². The van der Waals surface area contributed by atoms with Gasteiger partial charge in [0.05, 0.1) is 0 Å². The first kappa shape index (κ1) is 11.7. The third-order valence-corrected chi connectivity index (χ3v) is 2.20. The number of hydrogen-bond donors (Lipinski definition) is 0. The van der Waals surface area contributed by atoms with Gasteiger partial charge >= 0.3 is 29.6 Å². The van der Waals surface area contributed by atoms with E-state index in [1.54, 1.807) is 0 Å². The van der Waals surface area contributed by atoms with Gasteiger partial charge in [-0.15, -0.1) is 6.61 Å². The van der Waals surface area contributed by atoms with E-state index in [1.807, 2.05) is 18.2 Å².